The van der Waals surface area contributed by atoms with Gasteiger partial charge in [-0.15, -0.1) is 0 Å². The number of hydrogen-bond donors (Lipinski definition) is 2. The van der Waals surface area contributed by atoms with Crippen LogP contribution < -0.4 is 16.4 Å². The molecule has 1 heterocycles. The maximum atomic E-state index is 13.0. The Morgan fingerprint density at radius 2 is 1.88 bits per heavy atom. The molecule has 1 aromatic carbocycles. The Hall–Kier alpha value is -1.24. The quantitative estimate of drug-likeness (QED) is 0.808. The number of nitrogens with one attached hydrogen (secondary N) is 1. The Morgan fingerprint density at radius 3 is 2.58 bits per heavy atom. The predicted octanol–water partition coefficient (Wildman–Crippen LogP) is 3.38. The third-order valence-electron chi connectivity index (χ3n) is 5.38. The number of rotatable bonds is 5. The first-order valence-corrected chi connectivity index (χ1v) is 8.96. The largest absolute Gasteiger partial charge is 0.377 e. The lowest BCUT2D eigenvalue weighted by Gasteiger charge is -2.33. The first-order chi connectivity index (χ1) is 11.6. The third kappa shape index (κ3) is 4.23. The maximum absolute atomic E-state index is 13.0. The minimum absolute atomic E-state index is 0.0271. The number of hydrogen-bond acceptors (Lipinski definition) is 4. The smallest absolute Gasteiger partial charge is 0.109 e. The van der Waals surface area contributed by atoms with Gasteiger partial charge in [0, 0.05) is 12.1 Å². The van der Waals surface area contributed by atoms with Gasteiger partial charge in [-0.2, -0.15) is 0 Å². The monoisotopic (exact) mass is 339 g/mol. The highest BCUT2D eigenvalue weighted by Gasteiger charge is 2.28. The minimum atomic E-state index is -0.770. The number of ether oxygens (including phenoxy) is 1. The van der Waals surface area contributed by atoms with Gasteiger partial charge in [-0.25, -0.2) is 0 Å². The molecule has 4 nitrogen and oxygen atoms in total. The molecule has 2 aliphatic rings. The zero-order chi connectivity index (χ0) is 16.9. The van der Waals surface area contributed by atoms with Crippen LogP contribution in [0.25, 0.3) is 0 Å². The summed E-state index contributed by atoms with van der Waals surface area (Å²) in [6.45, 7) is 1.66. The molecule has 134 valence electrons. The van der Waals surface area contributed by atoms with Crippen molar-refractivity contribution in [2.75, 3.05) is 18.5 Å². The number of nitrogens with two attached hydrogens (primary N) is 1. The van der Waals surface area contributed by atoms with Crippen LogP contribution in [0.5, 0.6) is 0 Å². The summed E-state index contributed by atoms with van der Waals surface area (Å²) in [5.74, 6) is 0.185. The number of nitrogens with zero attached hydrogens (tertiary/aromatic N) is 1. The lowest BCUT2D eigenvalue weighted by molar-refractivity contribution is 0.00617. The first-order valence-electron chi connectivity index (χ1n) is 8.96. The molecule has 3 rings (SSSR count). The fourth-order valence-electron chi connectivity index (χ4n) is 3.93. The molecule has 0 amide bonds. The molecule has 2 atom stereocenters. The lowest BCUT2D eigenvalue weighted by Crippen LogP contribution is -2.52. The topological polar surface area (TPSA) is 50.5 Å². The normalized spacial score (nSPS) is 31.0. The van der Waals surface area contributed by atoms with E-state index in [1.54, 1.807) is 6.07 Å². The van der Waals surface area contributed by atoms with E-state index in [1.165, 1.54) is 6.07 Å². The molecule has 24 heavy (non-hydrogen) atoms. The van der Waals surface area contributed by atoms with E-state index in [1.807, 2.05) is 12.1 Å². The SMILES string of the molecule is NC1CCCNC1COC1CCC(c2ccccc2N(F)F)CC1. The summed E-state index contributed by atoms with van der Waals surface area (Å²) >= 11 is 0. The van der Waals surface area contributed by atoms with Gasteiger partial charge in [0.1, 0.15) is 5.69 Å². The summed E-state index contributed by atoms with van der Waals surface area (Å²) in [5, 5.41) is 2.65. The summed E-state index contributed by atoms with van der Waals surface area (Å²) in [7, 11) is 0. The molecule has 0 bridgehead atoms. The van der Waals surface area contributed by atoms with Crippen molar-refractivity contribution in [3.05, 3.63) is 29.8 Å². The summed E-state index contributed by atoms with van der Waals surface area (Å²) in [4.78, 5) is 0. The fourth-order valence-corrected chi connectivity index (χ4v) is 3.93. The molecule has 1 saturated carbocycles. The third-order valence-corrected chi connectivity index (χ3v) is 5.38. The van der Waals surface area contributed by atoms with Gasteiger partial charge in [0.2, 0.25) is 0 Å². The summed E-state index contributed by atoms with van der Waals surface area (Å²) < 4.78 is 32.1. The Bertz CT molecular complexity index is 521. The number of para-hydroxylation sites is 1. The average Bonchev–Trinajstić information content (AvgIpc) is 2.61. The van der Waals surface area contributed by atoms with Gasteiger partial charge in [-0.05, 0) is 68.0 Å². The number of piperidine rings is 1. The molecule has 6 heteroatoms. The van der Waals surface area contributed by atoms with Crippen LogP contribution in [-0.2, 0) is 4.74 Å². The second-order valence-electron chi connectivity index (χ2n) is 6.97. The van der Waals surface area contributed by atoms with Crippen LogP contribution in [0, 0.1) is 0 Å². The van der Waals surface area contributed by atoms with E-state index >= 15 is 0 Å². The van der Waals surface area contributed by atoms with Crippen LogP contribution in [0.15, 0.2) is 24.3 Å². The molecule has 1 aromatic rings. The van der Waals surface area contributed by atoms with Gasteiger partial charge in [0.25, 0.3) is 0 Å². The van der Waals surface area contributed by atoms with E-state index in [4.69, 9.17) is 10.5 Å². The van der Waals surface area contributed by atoms with Crippen molar-refractivity contribution in [3.63, 3.8) is 0 Å². The zero-order valence-electron chi connectivity index (χ0n) is 14.0. The molecule has 2 unspecified atom stereocenters. The van der Waals surface area contributed by atoms with Gasteiger partial charge < -0.3 is 15.8 Å². The minimum Gasteiger partial charge on any atom is -0.377 e. The highest BCUT2D eigenvalue weighted by atomic mass is 19.4. The van der Waals surface area contributed by atoms with E-state index in [-0.39, 0.29) is 29.8 Å². The van der Waals surface area contributed by atoms with E-state index in [0.717, 1.165) is 50.6 Å². The van der Waals surface area contributed by atoms with Gasteiger partial charge in [0.15, 0.2) is 0 Å². The molecule has 0 aromatic heterocycles. The predicted molar refractivity (Wildman–Crippen MR) is 91.1 cm³/mol. The van der Waals surface area contributed by atoms with Gasteiger partial charge in [-0.3, -0.25) is 0 Å². The Labute approximate surface area is 142 Å². The van der Waals surface area contributed by atoms with E-state index < -0.39 is 5.34 Å². The molecule has 3 N–H and O–H groups in total. The highest BCUT2D eigenvalue weighted by molar-refractivity contribution is 5.51. The van der Waals surface area contributed by atoms with Crippen molar-refractivity contribution >= 4 is 5.69 Å². The van der Waals surface area contributed by atoms with Crippen LogP contribution in [-0.4, -0.2) is 31.3 Å². The summed E-state index contributed by atoms with van der Waals surface area (Å²) in [6.07, 6.45) is 6.00. The molecule has 2 fully saturated rings. The second-order valence-corrected chi connectivity index (χ2v) is 6.97. The highest BCUT2D eigenvalue weighted by Crippen LogP contribution is 2.38. The Kier molecular flexibility index (Phi) is 6.03. The fraction of sp³-hybridized carbons (Fsp3) is 0.667. The van der Waals surface area contributed by atoms with E-state index in [0.29, 0.717) is 6.61 Å². The van der Waals surface area contributed by atoms with Gasteiger partial charge in [-0.1, -0.05) is 27.2 Å². The van der Waals surface area contributed by atoms with Gasteiger partial charge in [0.05, 0.1) is 12.7 Å². The molecule has 1 aliphatic carbocycles. The van der Waals surface area contributed by atoms with Crippen LogP contribution >= 0.6 is 0 Å². The van der Waals surface area contributed by atoms with Gasteiger partial charge >= 0.3 is 0 Å². The van der Waals surface area contributed by atoms with E-state index in [9.17, 15) is 8.96 Å². The standard InChI is InChI=1S/C18H27F2N3O/c19-23(20)18-6-2-1-4-15(18)13-7-9-14(10-8-13)24-12-17-16(21)5-3-11-22-17/h1-2,4,6,13-14,16-17,22H,3,5,7-12,21H2. The van der Waals surface area contributed by atoms with Crippen molar-refractivity contribution in [1.29, 1.82) is 0 Å². The molecule has 0 spiro atoms. The lowest BCUT2D eigenvalue weighted by atomic mass is 9.82. The first kappa shape index (κ1) is 17.6. The van der Waals surface area contributed by atoms with Crippen LogP contribution in [0.3, 0.4) is 0 Å². The molecule has 1 aliphatic heterocycles. The van der Waals surface area contributed by atoms with Crippen LogP contribution in [0.4, 0.5) is 14.6 Å². The van der Waals surface area contributed by atoms with Crippen molar-refractivity contribution in [2.45, 2.75) is 62.6 Å². The van der Waals surface area contributed by atoms with Crippen molar-refractivity contribution in [2.24, 2.45) is 5.73 Å². The molecular weight excluding hydrogens is 312 g/mol. The molecule has 1 saturated heterocycles. The van der Waals surface area contributed by atoms with E-state index in [2.05, 4.69) is 5.32 Å². The van der Waals surface area contributed by atoms with Crippen LogP contribution in [0.2, 0.25) is 0 Å². The number of benzene rings is 1. The van der Waals surface area contributed by atoms with Crippen molar-refractivity contribution in [1.82, 2.24) is 5.32 Å². The molecular formula is C18H27F2N3O. The van der Waals surface area contributed by atoms with Crippen molar-refractivity contribution < 1.29 is 13.7 Å². The van der Waals surface area contributed by atoms with Crippen LogP contribution in [0.1, 0.15) is 50.0 Å². The molecule has 0 radical (unpaired) electrons. The average molecular weight is 339 g/mol. The number of halogens is 2. The Balaban J connectivity index is 1.49. The van der Waals surface area contributed by atoms with Crippen molar-refractivity contribution in [3.8, 4) is 0 Å². The maximum Gasteiger partial charge on any atom is 0.109 e. The number of anilines is 1. The second kappa shape index (κ2) is 8.23. The zero-order valence-corrected chi connectivity index (χ0v) is 14.0. The summed E-state index contributed by atoms with van der Waals surface area (Å²) in [6, 6.07) is 7.19. The Morgan fingerprint density at radius 1 is 1.12 bits per heavy atom. The summed E-state index contributed by atoms with van der Waals surface area (Å²) in [5.41, 5.74) is 6.89.